The number of morpholine rings is 1. The van der Waals surface area contributed by atoms with E-state index >= 15 is 0 Å². The van der Waals surface area contributed by atoms with E-state index in [2.05, 4.69) is 24.1 Å². The maximum Gasteiger partial charge on any atom is 0.255 e. The Kier molecular flexibility index (Phi) is 7.19. The number of carbonyl (C=O) groups is 1. The number of hydrogen-bond donors (Lipinski definition) is 1. The molecule has 34 heavy (non-hydrogen) atoms. The molecule has 4 rings (SSSR count). The highest BCUT2D eigenvalue weighted by Crippen LogP contribution is 2.35. The summed E-state index contributed by atoms with van der Waals surface area (Å²) >= 11 is 0. The van der Waals surface area contributed by atoms with Crippen molar-refractivity contribution in [3.63, 3.8) is 0 Å². The normalized spacial score (nSPS) is 14.6. The maximum atomic E-state index is 13.5. The van der Waals surface area contributed by atoms with Crippen LogP contribution in [0, 0.1) is 0 Å². The van der Waals surface area contributed by atoms with Gasteiger partial charge in [0.2, 0.25) is 0 Å². The molecule has 1 aliphatic heterocycles. The molecule has 2 heterocycles. The maximum absolute atomic E-state index is 13.5. The summed E-state index contributed by atoms with van der Waals surface area (Å²) in [5.41, 5.74) is 2.34. The zero-order valence-corrected chi connectivity index (χ0v) is 20.2. The number of aromatic nitrogens is 2. The number of hydrogen-bond acceptors (Lipinski definition) is 6. The van der Waals surface area contributed by atoms with Crippen LogP contribution in [0.1, 0.15) is 24.2 Å². The predicted octanol–water partition coefficient (Wildman–Crippen LogP) is 3.40. The van der Waals surface area contributed by atoms with Crippen LogP contribution in [0.4, 0.5) is 0 Å². The number of nitrogens with zero attached hydrogens (tertiary/aromatic N) is 3. The van der Waals surface area contributed by atoms with Gasteiger partial charge in [0.25, 0.3) is 5.91 Å². The minimum absolute atomic E-state index is 0.191. The Labute approximate surface area is 200 Å². The van der Waals surface area contributed by atoms with Gasteiger partial charge < -0.3 is 19.5 Å². The molecule has 1 saturated heterocycles. The number of para-hydroxylation sites is 1. The van der Waals surface area contributed by atoms with Crippen LogP contribution in [0.5, 0.6) is 11.5 Å². The van der Waals surface area contributed by atoms with Crippen molar-refractivity contribution in [1.82, 2.24) is 20.0 Å². The minimum atomic E-state index is -0.206. The number of ether oxygens (including phenoxy) is 3. The molecule has 0 saturated carbocycles. The zero-order chi connectivity index (χ0) is 24.1. The number of rotatable bonds is 8. The summed E-state index contributed by atoms with van der Waals surface area (Å²) in [6, 6.07) is 15.2. The van der Waals surface area contributed by atoms with E-state index in [1.165, 1.54) is 0 Å². The largest absolute Gasteiger partial charge is 0.497 e. The van der Waals surface area contributed by atoms with Crippen LogP contribution in [-0.4, -0.2) is 73.2 Å². The second kappa shape index (κ2) is 10.3. The van der Waals surface area contributed by atoms with E-state index in [0.29, 0.717) is 48.1 Å². The third kappa shape index (κ3) is 5.08. The second-order valence-electron chi connectivity index (χ2n) is 8.83. The van der Waals surface area contributed by atoms with Gasteiger partial charge in [0.05, 0.1) is 38.7 Å². The van der Waals surface area contributed by atoms with Crippen molar-refractivity contribution in [3.8, 4) is 28.4 Å². The SMILES string of the molecule is COc1ccc(OC)c(-c2nn(-c3ccccc3)cc2C(=O)NCC(C)(C)N2CCOCC2)c1. The Morgan fingerprint density at radius 3 is 2.50 bits per heavy atom. The molecule has 1 aliphatic rings. The molecule has 1 N–H and O–H groups in total. The first-order valence-corrected chi connectivity index (χ1v) is 11.4. The van der Waals surface area contributed by atoms with Gasteiger partial charge in [0.15, 0.2) is 0 Å². The van der Waals surface area contributed by atoms with E-state index in [0.717, 1.165) is 18.8 Å². The van der Waals surface area contributed by atoms with Crippen molar-refractivity contribution >= 4 is 5.91 Å². The van der Waals surface area contributed by atoms with Crippen LogP contribution in [0.15, 0.2) is 54.7 Å². The molecule has 1 aromatic heterocycles. The van der Waals surface area contributed by atoms with Gasteiger partial charge in [-0.15, -0.1) is 0 Å². The summed E-state index contributed by atoms with van der Waals surface area (Å²) in [7, 11) is 3.21. The van der Waals surface area contributed by atoms with Crippen molar-refractivity contribution in [2.24, 2.45) is 0 Å². The minimum Gasteiger partial charge on any atom is -0.497 e. The van der Waals surface area contributed by atoms with E-state index in [1.807, 2.05) is 48.5 Å². The smallest absolute Gasteiger partial charge is 0.255 e. The van der Waals surface area contributed by atoms with Crippen molar-refractivity contribution in [2.45, 2.75) is 19.4 Å². The van der Waals surface area contributed by atoms with Crippen molar-refractivity contribution in [2.75, 3.05) is 47.1 Å². The number of nitrogens with one attached hydrogen (secondary N) is 1. The molecule has 8 nitrogen and oxygen atoms in total. The Balaban J connectivity index is 1.68. The summed E-state index contributed by atoms with van der Waals surface area (Å²) in [6.45, 7) is 7.89. The van der Waals surface area contributed by atoms with Crippen LogP contribution in [0.2, 0.25) is 0 Å². The van der Waals surface area contributed by atoms with Crippen molar-refractivity contribution < 1.29 is 19.0 Å². The average molecular weight is 465 g/mol. The summed E-state index contributed by atoms with van der Waals surface area (Å²) in [6.07, 6.45) is 1.76. The molecule has 1 fully saturated rings. The molecule has 2 aromatic carbocycles. The summed E-state index contributed by atoms with van der Waals surface area (Å²) in [5, 5.41) is 7.91. The fourth-order valence-corrected chi connectivity index (χ4v) is 4.12. The number of methoxy groups -OCH3 is 2. The van der Waals surface area contributed by atoms with Crippen LogP contribution in [0.3, 0.4) is 0 Å². The van der Waals surface area contributed by atoms with E-state index in [-0.39, 0.29) is 11.4 Å². The fraction of sp³-hybridized carbons (Fsp3) is 0.385. The molecule has 8 heteroatoms. The molecule has 0 radical (unpaired) electrons. The highest BCUT2D eigenvalue weighted by Gasteiger charge is 2.30. The van der Waals surface area contributed by atoms with Gasteiger partial charge in [0, 0.05) is 36.9 Å². The molecule has 0 atom stereocenters. The topological polar surface area (TPSA) is 77.8 Å². The monoisotopic (exact) mass is 464 g/mol. The van der Waals surface area contributed by atoms with Crippen molar-refractivity contribution in [3.05, 3.63) is 60.3 Å². The molecule has 1 amide bonds. The van der Waals surface area contributed by atoms with Crippen molar-refractivity contribution in [1.29, 1.82) is 0 Å². The lowest BCUT2D eigenvalue weighted by molar-refractivity contribution is -0.00923. The van der Waals surface area contributed by atoms with E-state index in [4.69, 9.17) is 19.3 Å². The van der Waals surface area contributed by atoms with Crippen LogP contribution in [-0.2, 0) is 4.74 Å². The molecular formula is C26H32N4O4. The lowest BCUT2D eigenvalue weighted by Gasteiger charge is -2.40. The Bertz CT molecular complexity index is 1120. The second-order valence-corrected chi connectivity index (χ2v) is 8.83. The third-order valence-electron chi connectivity index (χ3n) is 6.19. The van der Waals surface area contributed by atoms with Crippen LogP contribution >= 0.6 is 0 Å². The first-order chi connectivity index (χ1) is 16.4. The van der Waals surface area contributed by atoms with Gasteiger partial charge >= 0.3 is 0 Å². The Morgan fingerprint density at radius 1 is 1.09 bits per heavy atom. The molecule has 3 aromatic rings. The lowest BCUT2D eigenvalue weighted by atomic mass is 10.0. The van der Waals surface area contributed by atoms with Gasteiger partial charge in [-0.05, 0) is 44.2 Å². The molecule has 0 unspecified atom stereocenters. The van der Waals surface area contributed by atoms with Gasteiger partial charge in [-0.3, -0.25) is 9.69 Å². The summed E-state index contributed by atoms with van der Waals surface area (Å²) in [5.74, 6) is 1.08. The summed E-state index contributed by atoms with van der Waals surface area (Å²) < 4.78 is 18.2. The van der Waals surface area contributed by atoms with Crippen LogP contribution < -0.4 is 14.8 Å². The first-order valence-electron chi connectivity index (χ1n) is 11.4. The average Bonchev–Trinajstić information content (AvgIpc) is 3.33. The number of carbonyl (C=O) groups excluding carboxylic acids is 1. The van der Waals surface area contributed by atoms with Gasteiger partial charge in [-0.25, -0.2) is 4.68 Å². The Morgan fingerprint density at radius 2 is 1.82 bits per heavy atom. The first kappa shape index (κ1) is 23.8. The number of amides is 1. The van der Waals surface area contributed by atoms with Gasteiger partial charge in [-0.2, -0.15) is 5.10 Å². The quantitative estimate of drug-likeness (QED) is 0.551. The molecule has 180 valence electrons. The highest BCUT2D eigenvalue weighted by molar-refractivity contribution is 6.00. The van der Waals surface area contributed by atoms with E-state index < -0.39 is 0 Å². The molecule has 0 spiro atoms. The summed E-state index contributed by atoms with van der Waals surface area (Å²) in [4.78, 5) is 15.8. The molecule has 0 aliphatic carbocycles. The molecular weight excluding hydrogens is 432 g/mol. The predicted molar refractivity (Wildman–Crippen MR) is 131 cm³/mol. The molecule has 0 bridgehead atoms. The fourth-order valence-electron chi connectivity index (χ4n) is 4.12. The van der Waals surface area contributed by atoms with Gasteiger partial charge in [-0.1, -0.05) is 18.2 Å². The zero-order valence-electron chi connectivity index (χ0n) is 20.2. The Hall–Kier alpha value is -3.36. The van der Waals surface area contributed by atoms with E-state index in [9.17, 15) is 4.79 Å². The number of benzene rings is 2. The standard InChI is InChI=1S/C26H32N4O4/c1-26(2,29-12-14-34-15-13-29)18-27-25(31)22-17-30(19-8-6-5-7-9-19)28-24(22)21-16-20(32-3)10-11-23(21)33-4/h5-11,16-17H,12-15,18H2,1-4H3,(H,27,31). The third-order valence-corrected chi connectivity index (χ3v) is 6.19. The highest BCUT2D eigenvalue weighted by atomic mass is 16.5. The lowest BCUT2D eigenvalue weighted by Crippen LogP contribution is -2.55. The van der Waals surface area contributed by atoms with E-state index in [1.54, 1.807) is 25.1 Å². The van der Waals surface area contributed by atoms with Crippen LogP contribution in [0.25, 0.3) is 16.9 Å². The van der Waals surface area contributed by atoms with Gasteiger partial charge in [0.1, 0.15) is 17.2 Å².